The Morgan fingerprint density at radius 1 is 1.17 bits per heavy atom. The van der Waals surface area contributed by atoms with Gasteiger partial charge in [-0.05, 0) is 43.0 Å². The van der Waals surface area contributed by atoms with Gasteiger partial charge in [-0.25, -0.2) is 0 Å². The van der Waals surface area contributed by atoms with Gasteiger partial charge in [-0.3, -0.25) is 10.1 Å². The van der Waals surface area contributed by atoms with Crippen LogP contribution in [-0.4, -0.2) is 28.1 Å². The lowest BCUT2D eigenvalue weighted by Gasteiger charge is -2.34. The third-order valence-electron chi connectivity index (χ3n) is 6.24. The van der Waals surface area contributed by atoms with E-state index in [2.05, 4.69) is 29.0 Å². The summed E-state index contributed by atoms with van der Waals surface area (Å²) in [5.41, 5.74) is 4.08. The summed E-state index contributed by atoms with van der Waals surface area (Å²) < 4.78 is 0. The van der Waals surface area contributed by atoms with Crippen molar-refractivity contribution in [2.45, 2.75) is 90.5 Å². The third kappa shape index (κ3) is 5.88. The highest BCUT2D eigenvalue weighted by Gasteiger charge is 2.32. The van der Waals surface area contributed by atoms with Crippen LogP contribution in [0.15, 0.2) is 47.8 Å². The van der Waals surface area contributed by atoms with Gasteiger partial charge in [0.25, 0.3) is 0 Å². The summed E-state index contributed by atoms with van der Waals surface area (Å²) >= 11 is 0. The molecule has 0 radical (unpaired) electrons. The van der Waals surface area contributed by atoms with E-state index in [1.165, 1.54) is 44.9 Å². The molecule has 0 bridgehead atoms. The van der Waals surface area contributed by atoms with Crippen molar-refractivity contribution in [2.24, 2.45) is 0 Å². The molecule has 0 aromatic heterocycles. The van der Waals surface area contributed by atoms with Gasteiger partial charge in [-0.15, -0.1) is 0 Å². The van der Waals surface area contributed by atoms with Crippen molar-refractivity contribution < 1.29 is 9.90 Å². The normalized spacial score (nSPS) is 20.6. The van der Waals surface area contributed by atoms with Crippen LogP contribution in [0.2, 0.25) is 0 Å². The van der Waals surface area contributed by atoms with Gasteiger partial charge in [-0.1, -0.05) is 57.7 Å². The Kier molecular flexibility index (Phi) is 7.97. The molecule has 5 heteroatoms. The molecule has 1 heterocycles. The minimum absolute atomic E-state index is 0.0216. The van der Waals surface area contributed by atoms with Crippen molar-refractivity contribution in [1.82, 2.24) is 15.5 Å². The van der Waals surface area contributed by atoms with E-state index in [-0.39, 0.29) is 17.8 Å². The summed E-state index contributed by atoms with van der Waals surface area (Å²) in [6.07, 6.45) is 9.86. The monoisotopic (exact) mass is 411 g/mol. The van der Waals surface area contributed by atoms with Gasteiger partial charge in [0.15, 0.2) is 6.29 Å². The first kappa shape index (κ1) is 22.4. The van der Waals surface area contributed by atoms with E-state index in [9.17, 15) is 9.90 Å². The van der Waals surface area contributed by atoms with Crippen LogP contribution in [0.5, 0.6) is 5.75 Å². The Hall–Kier alpha value is -2.27. The van der Waals surface area contributed by atoms with Crippen molar-refractivity contribution in [3.8, 4) is 5.75 Å². The van der Waals surface area contributed by atoms with E-state index < -0.39 is 0 Å². The lowest BCUT2D eigenvalue weighted by atomic mass is 9.97. The maximum atomic E-state index is 12.1. The van der Waals surface area contributed by atoms with Crippen LogP contribution in [0.25, 0.3) is 0 Å². The molecule has 1 aliphatic carbocycles. The molecule has 5 nitrogen and oxygen atoms in total. The highest BCUT2D eigenvalue weighted by Crippen LogP contribution is 2.30. The Morgan fingerprint density at radius 3 is 2.43 bits per heavy atom. The summed E-state index contributed by atoms with van der Waals surface area (Å²) in [6.45, 7) is 8.92. The van der Waals surface area contributed by atoms with Crippen LogP contribution < -0.4 is 10.6 Å². The molecular weight excluding hydrogens is 374 g/mol. The lowest BCUT2D eigenvalue weighted by Crippen LogP contribution is -2.52. The number of Topliss-reactive ketones (excluding diaryl/α,β-unsaturated/α-hetero) is 1. The van der Waals surface area contributed by atoms with Crippen molar-refractivity contribution in [3.63, 3.8) is 0 Å². The first-order valence-electron chi connectivity index (χ1n) is 11.5. The van der Waals surface area contributed by atoms with Crippen molar-refractivity contribution in [2.75, 3.05) is 0 Å². The molecule has 164 valence electrons. The number of aromatic hydroxyl groups is 1. The Labute approximate surface area is 181 Å². The first-order valence-corrected chi connectivity index (χ1v) is 11.5. The molecule has 0 spiro atoms. The summed E-state index contributed by atoms with van der Waals surface area (Å²) in [7, 11) is 0. The summed E-state index contributed by atoms with van der Waals surface area (Å²) in [6, 6.07) is 7.84. The van der Waals surface area contributed by atoms with Gasteiger partial charge in [0.05, 0.1) is 5.70 Å². The zero-order chi connectivity index (χ0) is 21.5. The van der Waals surface area contributed by atoms with Crippen LogP contribution in [0.3, 0.4) is 0 Å². The predicted octanol–water partition coefficient (Wildman–Crippen LogP) is 4.94. The molecule has 0 amide bonds. The van der Waals surface area contributed by atoms with Crippen LogP contribution >= 0.6 is 0 Å². The number of phenols is 1. The van der Waals surface area contributed by atoms with Crippen molar-refractivity contribution in [3.05, 3.63) is 53.4 Å². The second-order valence-corrected chi connectivity index (χ2v) is 8.70. The number of nitrogens with zero attached hydrogens (tertiary/aromatic N) is 1. The molecule has 1 unspecified atom stereocenters. The number of allylic oxidation sites excluding steroid dienone is 2. The Morgan fingerprint density at radius 2 is 1.80 bits per heavy atom. The smallest absolute Gasteiger partial charge is 0.155 e. The Balaban J connectivity index is 1.79. The largest absolute Gasteiger partial charge is 0.508 e. The van der Waals surface area contributed by atoms with Gasteiger partial charge in [0, 0.05) is 31.1 Å². The van der Waals surface area contributed by atoms with E-state index in [1.807, 2.05) is 19.1 Å². The van der Waals surface area contributed by atoms with Crippen molar-refractivity contribution >= 4 is 5.78 Å². The van der Waals surface area contributed by atoms with Crippen LogP contribution in [-0.2, 0) is 11.3 Å². The second-order valence-electron chi connectivity index (χ2n) is 8.70. The Bertz CT molecular complexity index is 761. The molecule has 0 saturated heterocycles. The first-order chi connectivity index (χ1) is 14.5. The number of ketones is 1. The maximum Gasteiger partial charge on any atom is 0.155 e. The summed E-state index contributed by atoms with van der Waals surface area (Å²) in [4.78, 5) is 14.4. The molecular formula is C25H37N3O2. The molecule has 1 atom stereocenters. The zero-order valence-corrected chi connectivity index (χ0v) is 18.5. The minimum atomic E-state index is -0.0216. The van der Waals surface area contributed by atoms with E-state index in [0.717, 1.165) is 22.5 Å². The molecule has 30 heavy (non-hydrogen) atoms. The van der Waals surface area contributed by atoms with Gasteiger partial charge < -0.3 is 15.3 Å². The number of hydrogen-bond donors (Lipinski definition) is 3. The highest BCUT2D eigenvalue weighted by molar-refractivity contribution is 5.81. The quantitative estimate of drug-likeness (QED) is 0.565. The molecule has 3 N–H and O–H groups in total. The van der Waals surface area contributed by atoms with Gasteiger partial charge in [-0.2, -0.15) is 0 Å². The maximum absolute atomic E-state index is 12.1. The highest BCUT2D eigenvalue weighted by atomic mass is 16.3. The van der Waals surface area contributed by atoms with Gasteiger partial charge in [0.1, 0.15) is 11.5 Å². The molecule has 1 saturated carbocycles. The zero-order valence-electron chi connectivity index (χ0n) is 18.5. The minimum Gasteiger partial charge on any atom is -0.508 e. The molecule has 2 aliphatic rings. The van der Waals surface area contributed by atoms with Crippen LogP contribution in [0.1, 0.15) is 77.2 Å². The molecule has 1 aromatic rings. The summed E-state index contributed by atoms with van der Waals surface area (Å²) in [5.74, 6) is 0.480. The number of hydrogen-bond acceptors (Lipinski definition) is 5. The average molecular weight is 412 g/mol. The molecule has 1 aromatic carbocycles. The second kappa shape index (κ2) is 10.7. The third-order valence-corrected chi connectivity index (χ3v) is 6.24. The van der Waals surface area contributed by atoms with Gasteiger partial charge >= 0.3 is 0 Å². The number of phenolic OH excluding ortho intramolecular Hbond substituents is 1. The topological polar surface area (TPSA) is 64.6 Å². The van der Waals surface area contributed by atoms with Gasteiger partial charge in [0.2, 0.25) is 0 Å². The lowest BCUT2D eigenvalue weighted by molar-refractivity contribution is -0.118. The van der Waals surface area contributed by atoms with Crippen LogP contribution in [0.4, 0.5) is 0 Å². The fourth-order valence-corrected chi connectivity index (χ4v) is 4.56. The standard InChI is InChI=1S/C25H37N3O2/c1-4-22(29)16-18(2)24-19(3)26-25(27-21-10-8-6-5-7-9-11-21)28(24)17-20-12-14-23(30)15-13-20/h12-15,21,25-27,30H,2,4-11,16-17H2,1,3H3. The summed E-state index contributed by atoms with van der Waals surface area (Å²) in [5, 5.41) is 17.1. The number of carbonyl (C=O) groups excluding carboxylic acids is 1. The molecule has 1 aliphatic heterocycles. The average Bonchev–Trinajstić information content (AvgIpc) is 3.00. The predicted molar refractivity (Wildman–Crippen MR) is 122 cm³/mol. The van der Waals surface area contributed by atoms with E-state index in [1.54, 1.807) is 12.1 Å². The molecule has 3 rings (SSSR count). The van der Waals surface area contributed by atoms with E-state index in [0.29, 0.717) is 25.4 Å². The number of rotatable bonds is 8. The fourth-order valence-electron chi connectivity index (χ4n) is 4.56. The van der Waals surface area contributed by atoms with E-state index in [4.69, 9.17) is 0 Å². The van der Waals surface area contributed by atoms with E-state index >= 15 is 0 Å². The van der Waals surface area contributed by atoms with Crippen LogP contribution in [0, 0.1) is 0 Å². The molecule has 1 fully saturated rings. The SMILES string of the molecule is C=C(CC(=O)CC)C1=C(C)NC(NC2CCCCCCC2)N1Cc1ccc(O)cc1. The van der Waals surface area contributed by atoms with Crippen molar-refractivity contribution in [1.29, 1.82) is 0 Å². The number of nitrogens with one attached hydrogen (secondary N) is 2. The number of carbonyl (C=O) groups is 1. The fraction of sp³-hybridized carbons (Fsp3) is 0.560. The number of benzene rings is 1.